The Morgan fingerprint density at radius 2 is 1.09 bits per heavy atom. The average Bonchev–Trinajstić information content (AvgIpc) is 3.66. The lowest BCUT2D eigenvalue weighted by Gasteiger charge is -2.59. The Hall–Kier alpha value is -2.69. The third-order valence-electron chi connectivity index (χ3n) is 16.1. The second-order valence-corrected chi connectivity index (χ2v) is 23.1. The van der Waals surface area contributed by atoms with E-state index in [9.17, 15) is 29.1 Å². The molecule has 370 valence electrons. The number of cyclic esters (lactones) is 1. The minimum Gasteiger partial charge on any atom is -0.465 e. The van der Waals surface area contributed by atoms with Crippen LogP contribution in [0.1, 0.15) is 231 Å². The van der Waals surface area contributed by atoms with Crippen molar-refractivity contribution < 1.29 is 52.8 Å². The molecule has 11 heteroatoms. The Kier molecular flexibility index (Phi) is 20.3. The number of aliphatic hydroxyl groups is 1. The maximum atomic E-state index is 12.4. The lowest BCUT2D eigenvalue weighted by Crippen LogP contribution is -2.61. The Balaban J connectivity index is 0.000000229. The molecule has 0 amide bonds. The summed E-state index contributed by atoms with van der Waals surface area (Å²) in [4.78, 5) is 58.8. The topological polar surface area (TPSA) is 152 Å². The zero-order valence-electron chi connectivity index (χ0n) is 42.8. The minimum atomic E-state index is -0.687. The predicted molar refractivity (Wildman–Crippen MR) is 250 cm³/mol. The van der Waals surface area contributed by atoms with Gasteiger partial charge in [-0.15, -0.1) is 0 Å². The highest BCUT2D eigenvalue weighted by atomic mass is 16.6. The molecule has 11 nitrogen and oxygen atoms in total. The van der Waals surface area contributed by atoms with Gasteiger partial charge in [-0.3, -0.25) is 19.2 Å². The molecule has 0 aromatic carbocycles. The number of ether oxygens (including phenoxy) is 5. The first kappa shape index (κ1) is 55.6. The van der Waals surface area contributed by atoms with E-state index < -0.39 is 28.5 Å². The molecule has 1 heterocycles. The highest BCUT2D eigenvalue weighted by Crippen LogP contribution is 2.59. The maximum Gasteiger partial charge on any atom is 0.347 e. The van der Waals surface area contributed by atoms with Crippen LogP contribution in [-0.2, 0) is 47.7 Å². The molecule has 1 aliphatic heterocycles. The molecule has 0 aromatic heterocycles. The number of rotatable bonds is 14. The number of hydrogen-bond donors (Lipinski definition) is 1. The largest absolute Gasteiger partial charge is 0.465 e. The van der Waals surface area contributed by atoms with Crippen molar-refractivity contribution in [3.05, 3.63) is 0 Å². The van der Waals surface area contributed by atoms with Crippen LogP contribution >= 0.6 is 0 Å². The van der Waals surface area contributed by atoms with E-state index in [2.05, 4.69) is 6.92 Å². The van der Waals surface area contributed by atoms with Gasteiger partial charge in [-0.2, -0.15) is 0 Å². The SMILES string of the molecule is CCC(C)(C)C(=O)OC12CC3CC(CC(O)(C3)C1)C2.CCC(C)(C)C(=O)OC1CCOC1=O.CCC(C)(C)C(=O)OCC1CCCCC1.CCC1(OC(=O)C(C)(C)CC)CCCCC1. The Morgan fingerprint density at radius 1 is 0.625 bits per heavy atom. The van der Waals surface area contributed by atoms with Gasteiger partial charge in [0.25, 0.3) is 0 Å². The van der Waals surface area contributed by atoms with E-state index in [0.717, 1.165) is 64.2 Å². The summed E-state index contributed by atoms with van der Waals surface area (Å²) in [6.07, 6.45) is 21.8. The molecular formula is C53H92O11. The average molecular weight is 905 g/mol. The summed E-state index contributed by atoms with van der Waals surface area (Å²) in [6, 6.07) is 0. The van der Waals surface area contributed by atoms with E-state index in [1.165, 1.54) is 57.8 Å². The lowest BCUT2D eigenvalue weighted by molar-refractivity contribution is -0.225. The Bertz CT molecular complexity index is 1520. The third kappa shape index (κ3) is 15.7. The Labute approximate surface area is 388 Å². The minimum absolute atomic E-state index is 0.0150. The smallest absolute Gasteiger partial charge is 0.347 e. The summed E-state index contributed by atoms with van der Waals surface area (Å²) >= 11 is 0. The van der Waals surface area contributed by atoms with Crippen molar-refractivity contribution in [3.63, 3.8) is 0 Å². The van der Waals surface area contributed by atoms with Gasteiger partial charge in [0.05, 0.1) is 40.5 Å². The second-order valence-electron chi connectivity index (χ2n) is 23.1. The fourth-order valence-electron chi connectivity index (χ4n) is 9.84. The van der Waals surface area contributed by atoms with Crippen LogP contribution in [-0.4, -0.2) is 71.1 Å². The molecule has 0 aromatic rings. The van der Waals surface area contributed by atoms with Gasteiger partial charge < -0.3 is 28.8 Å². The normalized spacial score (nSPS) is 27.5. The van der Waals surface area contributed by atoms with Crippen LogP contribution in [0.5, 0.6) is 0 Å². The summed E-state index contributed by atoms with van der Waals surface area (Å²) in [5.74, 6) is 0.854. The molecule has 1 N–H and O–H groups in total. The molecule has 6 aliphatic carbocycles. The van der Waals surface area contributed by atoms with Gasteiger partial charge in [0, 0.05) is 12.8 Å². The van der Waals surface area contributed by atoms with Gasteiger partial charge in [-0.25, -0.2) is 4.79 Å². The standard InChI is InChI=1S/C16H26O3.C14H26O2.C13H24O2.C10H16O4/c1-4-14(2,3)13(17)19-16-8-11-5-12(9-16)7-15(18,6-11)10-16;1-5-13(3,4)12(15)16-14(6-2)10-8-7-9-11-14;1-4-13(2,3)12(14)15-10-11-8-6-5-7-9-11;1-4-10(2,3)9(12)14-7-5-6-13-8(7)11/h11-12,18H,4-10H2,1-3H3;5-11H2,1-4H3;11H,4-10H2,1-3H3;7H,4-6H2,1-3H3. The molecule has 3 atom stereocenters. The molecule has 1 saturated heterocycles. The van der Waals surface area contributed by atoms with Crippen molar-refractivity contribution in [1.29, 1.82) is 0 Å². The summed E-state index contributed by atoms with van der Waals surface area (Å²) in [7, 11) is 0. The van der Waals surface area contributed by atoms with Crippen molar-refractivity contribution in [2.75, 3.05) is 13.2 Å². The van der Waals surface area contributed by atoms with Crippen molar-refractivity contribution in [3.8, 4) is 0 Å². The molecule has 7 rings (SSSR count). The summed E-state index contributed by atoms with van der Waals surface area (Å²) < 4.78 is 27.0. The molecule has 64 heavy (non-hydrogen) atoms. The van der Waals surface area contributed by atoms with E-state index in [1.807, 2.05) is 69.2 Å². The van der Waals surface area contributed by atoms with Crippen LogP contribution in [0, 0.1) is 39.4 Å². The van der Waals surface area contributed by atoms with Gasteiger partial charge >= 0.3 is 29.8 Å². The van der Waals surface area contributed by atoms with E-state index in [1.54, 1.807) is 13.8 Å². The highest BCUT2D eigenvalue weighted by Gasteiger charge is 2.59. The highest BCUT2D eigenvalue weighted by molar-refractivity contribution is 5.82. The first-order valence-corrected chi connectivity index (χ1v) is 25.5. The molecule has 0 radical (unpaired) electrons. The number of esters is 5. The first-order chi connectivity index (χ1) is 29.7. The van der Waals surface area contributed by atoms with Gasteiger partial charge in [0.1, 0.15) is 11.2 Å². The van der Waals surface area contributed by atoms with Crippen molar-refractivity contribution in [1.82, 2.24) is 0 Å². The van der Waals surface area contributed by atoms with Crippen molar-refractivity contribution in [2.45, 2.75) is 254 Å². The molecule has 7 fully saturated rings. The van der Waals surface area contributed by atoms with Crippen molar-refractivity contribution in [2.24, 2.45) is 39.4 Å². The van der Waals surface area contributed by atoms with E-state index in [4.69, 9.17) is 23.7 Å². The van der Waals surface area contributed by atoms with Crippen molar-refractivity contribution >= 4 is 29.8 Å². The van der Waals surface area contributed by atoms with E-state index in [-0.39, 0.29) is 45.9 Å². The number of carbonyl (C=O) groups excluding carboxylic acids is 5. The molecule has 4 bridgehead atoms. The second kappa shape index (κ2) is 23.4. The molecule has 7 aliphatic rings. The quantitative estimate of drug-likeness (QED) is 0.131. The van der Waals surface area contributed by atoms with E-state index >= 15 is 0 Å². The molecule has 3 unspecified atom stereocenters. The maximum absolute atomic E-state index is 12.4. The van der Waals surface area contributed by atoms with Gasteiger partial charge in [0.2, 0.25) is 6.10 Å². The van der Waals surface area contributed by atoms with Gasteiger partial charge in [0.15, 0.2) is 0 Å². The predicted octanol–water partition coefficient (Wildman–Crippen LogP) is 12.0. The number of hydrogen-bond acceptors (Lipinski definition) is 11. The van der Waals surface area contributed by atoms with Crippen LogP contribution in [0.2, 0.25) is 0 Å². The third-order valence-corrected chi connectivity index (χ3v) is 16.1. The Morgan fingerprint density at radius 3 is 1.55 bits per heavy atom. The first-order valence-electron chi connectivity index (χ1n) is 25.5. The zero-order valence-corrected chi connectivity index (χ0v) is 42.8. The van der Waals surface area contributed by atoms with Crippen LogP contribution in [0.15, 0.2) is 0 Å². The molecule has 0 spiro atoms. The van der Waals surface area contributed by atoms with Crippen LogP contribution in [0.3, 0.4) is 0 Å². The fraction of sp³-hybridized carbons (Fsp3) is 0.906. The van der Waals surface area contributed by atoms with Crippen LogP contribution in [0.25, 0.3) is 0 Å². The van der Waals surface area contributed by atoms with Crippen LogP contribution in [0.4, 0.5) is 0 Å². The summed E-state index contributed by atoms with van der Waals surface area (Å²) in [5, 5.41) is 10.6. The van der Waals surface area contributed by atoms with Crippen LogP contribution < -0.4 is 0 Å². The zero-order chi connectivity index (χ0) is 48.2. The molecule has 6 saturated carbocycles. The monoisotopic (exact) mass is 905 g/mol. The van der Waals surface area contributed by atoms with Gasteiger partial charge in [-0.05, 0) is 176 Å². The lowest BCUT2D eigenvalue weighted by atomic mass is 9.52. The van der Waals surface area contributed by atoms with Gasteiger partial charge in [-0.1, -0.05) is 60.3 Å². The fourth-order valence-corrected chi connectivity index (χ4v) is 9.84. The number of carbonyl (C=O) groups is 5. The van der Waals surface area contributed by atoms with E-state index in [0.29, 0.717) is 50.2 Å². The summed E-state index contributed by atoms with van der Waals surface area (Å²) in [5.41, 5.74) is -2.64. The summed E-state index contributed by atoms with van der Waals surface area (Å²) in [6.45, 7) is 26.5. The molecular weight excluding hydrogens is 813 g/mol.